The van der Waals surface area contributed by atoms with Gasteiger partial charge in [0.2, 0.25) is 17.7 Å². The zero-order valence-electron chi connectivity index (χ0n) is 20.0. The number of amides is 3. The smallest absolute Gasteiger partial charge is 0.326 e. The Morgan fingerprint density at radius 2 is 1.77 bits per heavy atom. The molecule has 1 aromatic carbocycles. The van der Waals surface area contributed by atoms with Gasteiger partial charge in [-0.15, -0.1) is 0 Å². The highest BCUT2D eigenvalue weighted by atomic mass is 16.4. The van der Waals surface area contributed by atoms with Gasteiger partial charge in [0, 0.05) is 6.42 Å². The number of nitrogens with two attached hydrogens (primary N) is 1. The summed E-state index contributed by atoms with van der Waals surface area (Å²) in [4.78, 5) is 50.2. The predicted molar refractivity (Wildman–Crippen MR) is 129 cm³/mol. The zero-order chi connectivity index (χ0) is 25.8. The second-order valence-corrected chi connectivity index (χ2v) is 8.81. The highest BCUT2D eigenvalue weighted by Crippen LogP contribution is 2.09. The number of hydrogen-bond donors (Lipinski definition) is 7. The summed E-state index contributed by atoms with van der Waals surface area (Å²) in [5.41, 5.74) is 6.25. The van der Waals surface area contributed by atoms with Gasteiger partial charge in [-0.2, -0.15) is 0 Å². The summed E-state index contributed by atoms with van der Waals surface area (Å²) < 4.78 is 0. The molecule has 194 valence electrons. The van der Waals surface area contributed by atoms with E-state index in [1.807, 2.05) is 30.3 Å². The van der Waals surface area contributed by atoms with Crippen molar-refractivity contribution >= 4 is 23.7 Å². The average molecular weight is 492 g/mol. The van der Waals surface area contributed by atoms with E-state index < -0.39 is 48.1 Å². The summed E-state index contributed by atoms with van der Waals surface area (Å²) in [6.07, 6.45) is 1.66. The quantitative estimate of drug-likeness (QED) is 0.162. The Kier molecular flexibility index (Phi) is 11.6. The van der Waals surface area contributed by atoms with Gasteiger partial charge in [-0.1, -0.05) is 30.3 Å². The van der Waals surface area contributed by atoms with E-state index in [9.17, 15) is 29.4 Å². The third kappa shape index (κ3) is 9.27. The second-order valence-electron chi connectivity index (χ2n) is 8.81. The number of benzene rings is 1. The van der Waals surface area contributed by atoms with Crippen molar-refractivity contribution in [1.82, 2.24) is 21.3 Å². The molecule has 0 aromatic heterocycles. The largest absolute Gasteiger partial charge is 0.480 e. The first-order chi connectivity index (χ1) is 16.7. The van der Waals surface area contributed by atoms with E-state index in [2.05, 4.69) is 21.3 Å². The van der Waals surface area contributed by atoms with Crippen molar-refractivity contribution in [2.24, 2.45) is 5.73 Å². The van der Waals surface area contributed by atoms with E-state index in [0.29, 0.717) is 32.4 Å². The summed E-state index contributed by atoms with van der Waals surface area (Å²) >= 11 is 0. The summed E-state index contributed by atoms with van der Waals surface area (Å²) in [6.45, 7) is 2.44. The van der Waals surface area contributed by atoms with E-state index in [1.165, 1.54) is 6.92 Å². The van der Waals surface area contributed by atoms with Gasteiger partial charge < -0.3 is 37.2 Å². The third-order valence-electron chi connectivity index (χ3n) is 5.92. The lowest BCUT2D eigenvalue weighted by atomic mass is 10.0. The Bertz CT molecular complexity index is 844. The molecule has 0 saturated carbocycles. The fourth-order valence-corrected chi connectivity index (χ4v) is 3.91. The minimum absolute atomic E-state index is 0.166. The molecule has 1 aromatic rings. The number of carbonyl (C=O) groups excluding carboxylic acids is 3. The summed E-state index contributed by atoms with van der Waals surface area (Å²) in [5.74, 6) is -3.02. The van der Waals surface area contributed by atoms with Gasteiger partial charge in [0.05, 0.1) is 12.1 Å². The van der Waals surface area contributed by atoms with Crippen LogP contribution in [0, 0.1) is 0 Å². The van der Waals surface area contributed by atoms with Crippen LogP contribution in [-0.2, 0) is 25.6 Å². The van der Waals surface area contributed by atoms with E-state index in [1.54, 1.807) is 0 Å². The molecular formula is C24H37N5O6. The lowest BCUT2D eigenvalue weighted by Crippen LogP contribution is -2.60. The SMILES string of the molecule is CC(O)C(NC(=O)C(Cc1ccccc1)NC(=O)C1CCCN1)C(=O)NC(CCCCN)C(=O)O. The van der Waals surface area contributed by atoms with Crippen LogP contribution in [0.1, 0.15) is 44.6 Å². The maximum absolute atomic E-state index is 13.2. The van der Waals surface area contributed by atoms with Crippen molar-refractivity contribution < 1.29 is 29.4 Å². The van der Waals surface area contributed by atoms with Crippen molar-refractivity contribution in [3.63, 3.8) is 0 Å². The molecule has 3 amide bonds. The van der Waals surface area contributed by atoms with Gasteiger partial charge in [-0.3, -0.25) is 14.4 Å². The van der Waals surface area contributed by atoms with Crippen molar-refractivity contribution in [1.29, 1.82) is 0 Å². The Balaban J connectivity index is 2.12. The average Bonchev–Trinajstić information content (AvgIpc) is 3.37. The van der Waals surface area contributed by atoms with Gasteiger partial charge in [0.25, 0.3) is 0 Å². The lowest BCUT2D eigenvalue weighted by molar-refractivity contribution is -0.143. The fourth-order valence-electron chi connectivity index (χ4n) is 3.91. The first-order valence-corrected chi connectivity index (χ1v) is 12.0. The number of aliphatic carboxylic acids is 1. The molecule has 35 heavy (non-hydrogen) atoms. The zero-order valence-corrected chi connectivity index (χ0v) is 20.0. The van der Waals surface area contributed by atoms with E-state index in [0.717, 1.165) is 12.0 Å². The van der Waals surface area contributed by atoms with Gasteiger partial charge >= 0.3 is 5.97 Å². The molecule has 0 radical (unpaired) electrons. The highest BCUT2D eigenvalue weighted by molar-refractivity contribution is 5.94. The van der Waals surface area contributed by atoms with Crippen molar-refractivity contribution in [3.05, 3.63) is 35.9 Å². The van der Waals surface area contributed by atoms with Gasteiger partial charge in [-0.05, 0) is 57.7 Å². The summed E-state index contributed by atoms with van der Waals surface area (Å²) in [6, 6.07) is 5.11. The van der Waals surface area contributed by atoms with Crippen LogP contribution < -0.4 is 27.0 Å². The van der Waals surface area contributed by atoms with Crippen molar-refractivity contribution in [3.8, 4) is 0 Å². The number of rotatable bonds is 14. The van der Waals surface area contributed by atoms with Crippen LogP contribution in [0.2, 0.25) is 0 Å². The van der Waals surface area contributed by atoms with Crippen LogP contribution in [0.5, 0.6) is 0 Å². The molecule has 1 fully saturated rings. The maximum Gasteiger partial charge on any atom is 0.326 e. The number of carboxylic acids is 1. The molecule has 8 N–H and O–H groups in total. The molecule has 1 aliphatic heterocycles. The normalized spacial score (nSPS) is 18.7. The molecule has 0 spiro atoms. The number of nitrogens with one attached hydrogen (secondary N) is 4. The fraction of sp³-hybridized carbons (Fsp3) is 0.583. The molecule has 2 rings (SSSR count). The summed E-state index contributed by atoms with van der Waals surface area (Å²) in [7, 11) is 0. The van der Waals surface area contributed by atoms with Crippen LogP contribution in [0.4, 0.5) is 0 Å². The molecule has 11 heteroatoms. The second kappa shape index (κ2) is 14.4. The molecule has 11 nitrogen and oxygen atoms in total. The van der Waals surface area contributed by atoms with Gasteiger partial charge in [0.15, 0.2) is 0 Å². The molecule has 5 unspecified atom stereocenters. The molecule has 1 saturated heterocycles. The molecule has 1 aliphatic rings. The lowest BCUT2D eigenvalue weighted by Gasteiger charge is -2.26. The van der Waals surface area contributed by atoms with Crippen molar-refractivity contribution in [2.75, 3.05) is 13.1 Å². The molecule has 0 bridgehead atoms. The van der Waals surface area contributed by atoms with Gasteiger partial charge in [-0.25, -0.2) is 4.79 Å². The van der Waals surface area contributed by atoms with Crippen LogP contribution >= 0.6 is 0 Å². The number of aliphatic hydroxyl groups excluding tert-OH is 1. The minimum Gasteiger partial charge on any atom is -0.480 e. The number of unbranched alkanes of at least 4 members (excludes halogenated alkanes) is 1. The van der Waals surface area contributed by atoms with Crippen LogP contribution in [-0.4, -0.2) is 77.3 Å². The first-order valence-electron chi connectivity index (χ1n) is 12.0. The Morgan fingerprint density at radius 1 is 1.06 bits per heavy atom. The predicted octanol–water partition coefficient (Wildman–Crippen LogP) is -0.970. The van der Waals surface area contributed by atoms with Gasteiger partial charge in [0.1, 0.15) is 18.1 Å². The van der Waals surface area contributed by atoms with E-state index in [-0.39, 0.29) is 18.7 Å². The van der Waals surface area contributed by atoms with Crippen LogP contribution in [0.3, 0.4) is 0 Å². The molecular weight excluding hydrogens is 454 g/mol. The van der Waals surface area contributed by atoms with Crippen LogP contribution in [0.25, 0.3) is 0 Å². The summed E-state index contributed by atoms with van der Waals surface area (Å²) in [5, 5.41) is 30.3. The Hall–Kier alpha value is -3.02. The van der Waals surface area contributed by atoms with E-state index >= 15 is 0 Å². The van der Waals surface area contributed by atoms with Crippen LogP contribution in [0.15, 0.2) is 30.3 Å². The number of hydrogen-bond acceptors (Lipinski definition) is 7. The molecule has 5 atom stereocenters. The minimum atomic E-state index is -1.40. The topological polar surface area (TPSA) is 183 Å². The van der Waals surface area contributed by atoms with E-state index in [4.69, 9.17) is 5.73 Å². The first kappa shape index (κ1) is 28.2. The molecule has 0 aliphatic carbocycles. The Morgan fingerprint density at radius 3 is 2.34 bits per heavy atom. The Labute approximate surface area is 205 Å². The number of carboxylic acid groups (broad SMARTS) is 1. The third-order valence-corrected chi connectivity index (χ3v) is 5.92. The maximum atomic E-state index is 13.2. The number of carbonyl (C=O) groups is 4. The highest BCUT2D eigenvalue weighted by Gasteiger charge is 2.33. The number of aliphatic hydroxyl groups is 1. The standard InChI is InChI=1S/C24H37N5O6/c1-15(30)20(23(33)27-18(24(34)35)10-5-6-12-25)29-22(32)19(14-16-8-3-2-4-9-16)28-21(31)17-11-7-13-26-17/h2-4,8-9,15,17-20,26,30H,5-7,10-14,25H2,1H3,(H,27,33)(H,28,31)(H,29,32)(H,34,35). The molecule has 1 heterocycles. The van der Waals surface area contributed by atoms with Crippen molar-refractivity contribution in [2.45, 2.75) is 75.7 Å². The monoisotopic (exact) mass is 491 g/mol.